The topological polar surface area (TPSA) is 20.2 Å². The van der Waals surface area contributed by atoms with Crippen molar-refractivity contribution in [3.8, 4) is 0 Å². The molecule has 0 spiro atoms. The Morgan fingerprint density at radius 3 is 2.50 bits per heavy atom. The summed E-state index contributed by atoms with van der Waals surface area (Å²) in [6.45, 7) is 3.91. The lowest BCUT2D eigenvalue weighted by atomic mass is 10.0. The summed E-state index contributed by atoms with van der Waals surface area (Å²) in [4.78, 5) is 0. The van der Waals surface area contributed by atoms with E-state index in [1.807, 2.05) is 19.9 Å². The zero-order valence-electron chi connectivity index (χ0n) is 6.99. The summed E-state index contributed by atoms with van der Waals surface area (Å²) in [6, 6.07) is 1.85. The average molecular weight is 250 g/mol. The molecule has 1 aromatic carbocycles. The molecule has 66 valence electrons. The fraction of sp³-hybridized carbons (Fsp3) is 0.333. The number of halogens is 2. The van der Waals surface area contributed by atoms with Crippen LogP contribution < -0.4 is 0 Å². The molecule has 1 rings (SSSR count). The van der Waals surface area contributed by atoms with E-state index in [0.717, 1.165) is 21.2 Å². The van der Waals surface area contributed by atoms with Crippen LogP contribution in [0.4, 0.5) is 0 Å². The number of aliphatic hydroxyl groups excluding tert-OH is 1. The number of hydrogen-bond donors (Lipinski definition) is 1. The Bertz CT molecular complexity index is 284. The molecule has 0 aliphatic rings. The molecule has 1 aromatic rings. The number of rotatable bonds is 1. The van der Waals surface area contributed by atoms with Crippen LogP contribution in [0.2, 0.25) is 5.02 Å². The predicted molar refractivity (Wildman–Crippen MR) is 54.5 cm³/mol. The van der Waals surface area contributed by atoms with Crippen LogP contribution in [0.25, 0.3) is 0 Å². The van der Waals surface area contributed by atoms with Crippen LogP contribution in [0.1, 0.15) is 16.7 Å². The minimum Gasteiger partial charge on any atom is -0.392 e. The summed E-state index contributed by atoms with van der Waals surface area (Å²) >= 11 is 9.31. The molecule has 0 fully saturated rings. The predicted octanol–water partition coefficient (Wildman–Crippen LogP) is 3.21. The third-order valence-corrected chi connectivity index (χ3v) is 3.25. The van der Waals surface area contributed by atoms with Crippen LogP contribution in [-0.2, 0) is 6.61 Å². The Morgan fingerprint density at radius 1 is 1.42 bits per heavy atom. The van der Waals surface area contributed by atoms with Gasteiger partial charge >= 0.3 is 0 Å². The quantitative estimate of drug-likeness (QED) is 0.810. The lowest BCUT2D eigenvalue weighted by molar-refractivity contribution is 0.280. The molecule has 1 N–H and O–H groups in total. The first-order valence-corrected chi connectivity index (χ1v) is 4.80. The van der Waals surface area contributed by atoms with Crippen LogP contribution in [0.5, 0.6) is 0 Å². The highest BCUT2D eigenvalue weighted by molar-refractivity contribution is 9.10. The molecule has 0 aromatic heterocycles. The zero-order valence-corrected chi connectivity index (χ0v) is 9.33. The molecule has 0 radical (unpaired) electrons. The second kappa shape index (κ2) is 3.77. The molecule has 12 heavy (non-hydrogen) atoms. The van der Waals surface area contributed by atoms with Crippen molar-refractivity contribution in [2.75, 3.05) is 0 Å². The summed E-state index contributed by atoms with van der Waals surface area (Å²) in [7, 11) is 0. The molecule has 0 amide bonds. The minimum atomic E-state index is 0.0385. The van der Waals surface area contributed by atoms with Gasteiger partial charge in [-0.1, -0.05) is 27.5 Å². The van der Waals surface area contributed by atoms with Gasteiger partial charge in [0.25, 0.3) is 0 Å². The van der Waals surface area contributed by atoms with Gasteiger partial charge in [-0.25, -0.2) is 0 Å². The number of hydrogen-bond acceptors (Lipinski definition) is 1. The fourth-order valence-corrected chi connectivity index (χ4v) is 1.96. The van der Waals surface area contributed by atoms with Crippen LogP contribution in [0.3, 0.4) is 0 Å². The largest absolute Gasteiger partial charge is 0.392 e. The molecule has 3 heteroatoms. The average Bonchev–Trinajstić information content (AvgIpc) is 2.02. The SMILES string of the molecule is Cc1c(Cl)cc(Br)c(C)c1CO. The molecule has 0 bridgehead atoms. The highest BCUT2D eigenvalue weighted by atomic mass is 79.9. The van der Waals surface area contributed by atoms with Gasteiger partial charge in [0.1, 0.15) is 0 Å². The van der Waals surface area contributed by atoms with Crippen molar-refractivity contribution in [2.45, 2.75) is 20.5 Å². The Kier molecular flexibility index (Phi) is 3.16. The van der Waals surface area contributed by atoms with E-state index in [1.165, 1.54) is 0 Å². The van der Waals surface area contributed by atoms with E-state index in [0.29, 0.717) is 5.02 Å². The maximum atomic E-state index is 9.07. The smallest absolute Gasteiger partial charge is 0.0687 e. The van der Waals surface area contributed by atoms with Crippen LogP contribution in [-0.4, -0.2) is 5.11 Å². The molecule has 0 saturated heterocycles. The van der Waals surface area contributed by atoms with E-state index in [1.54, 1.807) is 0 Å². The van der Waals surface area contributed by atoms with E-state index in [-0.39, 0.29) is 6.61 Å². The van der Waals surface area contributed by atoms with Crippen molar-refractivity contribution in [1.82, 2.24) is 0 Å². The van der Waals surface area contributed by atoms with Gasteiger partial charge in [0.05, 0.1) is 6.61 Å². The summed E-state index contributed by atoms with van der Waals surface area (Å²) in [6.07, 6.45) is 0. The first-order valence-electron chi connectivity index (χ1n) is 3.63. The third-order valence-electron chi connectivity index (χ3n) is 2.03. The van der Waals surface area contributed by atoms with Gasteiger partial charge in [0.2, 0.25) is 0 Å². The van der Waals surface area contributed by atoms with Crippen molar-refractivity contribution in [2.24, 2.45) is 0 Å². The van der Waals surface area contributed by atoms with Gasteiger partial charge in [-0.05, 0) is 36.6 Å². The first-order chi connectivity index (χ1) is 5.57. The molecule has 1 nitrogen and oxygen atoms in total. The Labute approximate surface area is 85.5 Å². The van der Waals surface area contributed by atoms with Crippen LogP contribution >= 0.6 is 27.5 Å². The second-order valence-corrected chi connectivity index (χ2v) is 3.99. The molecular weight excluding hydrogens is 239 g/mol. The summed E-state index contributed by atoms with van der Waals surface area (Å²) in [5.74, 6) is 0. The molecule has 0 aliphatic heterocycles. The summed E-state index contributed by atoms with van der Waals surface area (Å²) in [5.41, 5.74) is 2.92. The Morgan fingerprint density at radius 2 is 2.00 bits per heavy atom. The molecular formula is C9H10BrClO. The maximum Gasteiger partial charge on any atom is 0.0687 e. The zero-order chi connectivity index (χ0) is 9.30. The van der Waals surface area contributed by atoms with Crippen LogP contribution in [0, 0.1) is 13.8 Å². The van der Waals surface area contributed by atoms with Gasteiger partial charge in [-0.15, -0.1) is 0 Å². The van der Waals surface area contributed by atoms with Gasteiger partial charge < -0.3 is 5.11 Å². The summed E-state index contributed by atoms with van der Waals surface area (Å²) in [5, 5.41) is 9.76. The highest BCUT2D eigenvalue weighted by Crippen LogP contribution is 2.29. The van der Waals surface area contributed by atoms with Crippen LogP contribution in [0.15, 0.2) is 10.5 Å². The van der Waals surface area contributed by atoms with E-state index in [4.69, 9.17) is 16.7 Å². The normalized spacial score (nSPS) is 10.4. The van der Waals surface area contributed by atoms with E-state index < -0.39 is 0 Å². The molecule has 0 unspecified atom stereocenters. The molecule has 0 atom stereocenters. The van der Waals surface area contributed by atoms with E-state index in [9.17, 15) is 0 Å². The van der Waals surface area contributed by atoms with Gasteiger partial charge in [-0.3, -0.25) is 0 Å². The fourth-order valence-electron chi connectivity index (χ4n) is 1.13. The monoisotopic (exact) mass is 248 g/mol. The molecule has 0 heterocycles. The summed E-state index contributed by atoms with van der Waals surface area (Å²) < 4.78 is 0.946. The number of aliphatic hydroxyl groups is 1. The van der Waals surface area contributed by atoms with E-state index >= 15 is 0 Å². The van der Waals surface area contributed by atoms with Crippen molar-refractivity contribution in [3.05, 3.63) is 32.3 Å². The second-order valence-electron chi connectivity index (χ2n) is 2.73. The highest BCUT2D eigenvalue weighted by Gasteiger charge is 2.08. The minimum absolute atomic E-state index is 0.0385. The van der Waals surface area contributed by atoms with E-state index in [2.05, 4.69) is 15.9 Å². The molecule has 0 saturated carbocycles. The number of benzene rings is 1. The standard InChI is InChI=1S/C9H10BrClO/c1-5-7(4-12)6(2)9(11)3-8(5)10/h3,12H,4H2,1-2H3. The lowest BCUT2D eigenvalue weighted by Crippen LogP contribution is -1.95. The molecule has 0 aliphatic carbocycles. The van der Waals surface area contributed by atoms with Crippen molar-refractivity contribution >= 4 is 27.5 Å². The Hall–Kier alpha value is -0.0500. The van der Waals surface area contributed by atoms with Crippen molar-refractivity contribution in [1.29, 1.82) is 0 Å². The lowest BCUT2D eigenvalue weighted by Gasteiger charge is -2.10. The third kappa shape index (κ3) is 1.65. The van der Waals surface area contributed by atoms with Gasteiger partial charge in [0.15, 0.2) is 0 Å². The Balaban J connectivity index is 3.42. The first kappa shape index (κ1) is 10.0. The maximum absolute atomic E-state index is 9.07. The van der Waals surface area contributed by atoms with Gasteiger partial charge in [-0.2, -0.15) is 0 Å². The van der Waals surface area contributed by atoms with Crippen molar-refractivity contribution in [3.63, 3.8) is 0 Å². The van der Waals surface area contributed by atoms with Gasteiger partial charge in [0, 0.05) is 9.50 Å². The van der Waals surface area contributed by atoms with Crippen molar-refractivity contribution < 1.29 is 5.11 Å².